The molecule has 0 amide bonds. The fourth-order valence-corrected chi connectivity index (χ4v) is 9.00. The predicted octanol–water partition coefficient (Wildman–Crippen LogP) is 13.0. The fourth-order valence-electron chi connectivity index (χ4n) is 9.00. The molecule has 2 aromatic heterocycles. The van der Waals surface area contributed by atoms with Crippen molar-refractivity contribution < 1.29 is 0 Å². The van der Waals surface area contributed by atoms with E-state index in [1.165, 1.54) is 101 Å². The number of hydrogen-bond donors (Lipinski definition) is 0. The molecular formula is C48H40N2. The highest BCUT2D eigenvalue weighted by atomic mass is 15.0. The summed E-state index contributed by atoms with van der Waals surface area (Å²) in [5, 5.41) is 7.74. The Morgan fingerprint density at radius 3 is 1.68 bits per heavy atom. The Kier molecular flexibility index (Phi) is 6.13. The minimum absolute atomic E-state index is 0.102. The maximum absolute atomic E-state index is 2.58. The van der Waals surface area contributed by atoms with Crippen molar-refractivity contribution >= 4 is 54.4 Å². The van der Waals surface area contributed by atoms with Crippen molar-refractivity contribution in [3.63, 3.8) is 0 Å². The van der Waals surface area contributed by atoms with Gasteiger partial charge in [-0.15, -0.1) is 0 Å². The minimum Gasteiger partial charge on any atom is -0.309 e. The monoisotopic (exact) mass is 644 g/mol. The van der Waals surface area contributed by atoms with Crippen LogP contribution in [0.15, 0.2) is 146 Å². The standard InChI is InChI=1S/C48H40N2/c1-47(2)25-26-48(3,4)41-29-44-39(28-40(41)47)38-27-37-36-21-13-14-22-42(36)49(32-17-9-6-10-18-32)45(37)30-46(38)50(44)43-24-23-33(31-15-7-5-8-16-31)34-19-11-12-20-35(34)43/h5-24,27-30H,25-26H2,1-4H3. The zero-order valence-electron chi connectivity index (χ0n) is 29.2. The van der Waals surface area contributed by atoms with Crippen LogP contribution in [0.1, 0.15) is 51.7 Å². The molecule has 10 rings (SSSR count). The summed E-state index contributed by atoms with van der Waals surface area (Å²) in [5.74, 6) is 0. The lowest BCUT2D eigenvalue weighted by atomic mass is 9.63. The lowest BCUT2D eigenvalue weighted by Crippen LogP contribution is -2.33. The smallest absolute Gasteiger partial charge is 0.0562 e. The topological polar surface area (TPSA) is 9.86 Å². The van der Waals surface area contributed by atoms with Gasteiger partial charge in [-0.05, 0) is 99.8 Å². The molecule has 9 aromatic rings. The molecular weight excluding hydrogens is 605 g/mol. The normalized spacial score (nSPS) is 15.4. The number of fused-ring (bicyclic) bond motifs is 8. The highest BCUT2D eigenvalue weighted by Crippen LogP contribution is 2.49. The molecule has 0 saturated carbocycles. The van der Waals surface area contributed by atoms with Gasteiger partial charge >= 0.3 is 0 Å². The minimum atomic E-state index is 0.102. The number of para-hydroxylation sites is 2. The van der Waals surface area contributed by atoms with Gasteiger partial charge < -0.3 is 9.13 Å². The summed E-state index contributed by atoms with van der Waals surface area (Å²) in [6.07, 6.45) is 2.38. The zero-order chi connectivity index (χ0) is 33.8. The first-order chi connectivity index (χ1) is 24.3. The maximum Gasteiger partial charge on any atom is 0.0562 e. The second-order valence-corrected chi connectivity index (χ2v) is 15.6. The lowest BCUT2D eigenvalue weighted by molar-refractivity contribution is 0.332. The van der Waals surface area contributed by atoms with Crippen molar-refractivity contribution in [2.45, 2.75) is 51.4 Å². The van der Waals surface area contributed by atoms with Crippen LogP contribution in [0.2, 0.25) is 0 Å². The third kappa shape index (κ3) is 4.15. The molecule has 0 N–H and O–H groups in total. The van der Waals surface area contributed by atoms with E-state index < -0.39 is 0 Å². The first-order valence-electron chi connectivity index (χ1n) is 18.0. The van der Waals surface area contributed by atoms with Gasteiger partial charge in [0.1, 0.15) is 0 Å². The molecule has 1 aliphatic rings. The number of rotatable bonds is 3. The molecule has 2 heterocycles. The lowest BCUT2D eigenvalue weighted by Gasteiger charge is -2.42. The molecule has 2 heteroatoms. The van der Waals surface area contributed by atoms with Gasteiger partial charge in [-0.2, -0.15) is 0 Å². The Morgan fingerprint density at radius 2 is 0.940 bits per heavy atom. The Balaban J connectivity index is 1.39. The Hall–Kier alpha value is -5.60. The zero-order valence-corrected chi connectivity index (χ0v) is 29.2. The average molecular weight is 645 g/mol. The van der Waals surface area contributed by atoms with Crippen LogP contribution >= 0.6 is 0 Å². The molecule has 0 atom stereocenters. The number of benzene rings is 7. The van der Waals surface area contributed by atoms with Gasteiger partial charge in [0, 0.05) is 32.6 Å². The van der Waals surface area contributed by atoms with Crippen LogP contribution in [0, 0.1) is 0 Å². The molecule has 0 saturated heterocycles. The van der Waals surface area contributed by atoms with Gasteiger partial charge in [0.15, 0.2) is 0 Å². The van der Waals surface area contributed by atoms with Crippen molar-refractivity contribution in [3.8, 4) is 22.5 Å². The second-order valence-electron chi connectivity index (χ2n) is 15.6. The molecule has 0 fully saturated rings. The van der Waals surface area contributed by atoms with Crippen LogP contribution in [0.4, 0.5) is 0 Å². The van der Waals surface area contributed by atoms with Crippen LogP contribution in [0.3, 0.4) is 0 Å². The summed E-state index contributed by atoms with van der Waals surface area (Å²) in [5.41, 5.74) is 13.1. The summed E-state index contributed by atoms with van der Waals surface area (Å²) in [6.45, 7) is 9.75. The molecule has 1 aliphatic carbocycles. The highest BCUT2D eigenvalue weighted by molar-refractivity contribution is 6.20. The van der Waals surface area contributed by atoms with Crippen molar-refractivity contribution in [3.05, 3.63) is 157 Å². The van der Waals surface area contributed by atoms with E-state index in [4.69, 9.17) is 0 Å². The van der Waals surface area contributed by atoms with Gasteiger partial charge in [0.25, 0.3) is 0 Å². The van der Waals surface area contributed by atoms with Gasteiger partial charge in [0.2, 0.25) is 0 Å². The summed E-state index contributed by atoms with van der Waals surface area (Å²) in [6, 6.07) is 54.2. The van der Waals surface area contributed by atoms with Gasteiger partial charge in [0.05, 0.1) is 27.8 Å². The van der Waals surface area contributed by atoms with Crippen molar-refractivity contribution in [1.82, 2.24) is 9.13 Å². The van der Waals surface area contributed by atoms with Crippen molar-refractivity contribution in [2.75, 3.05) is 0 Å². The molecule has 0 aliphatic heterocycles. The molecule has 0 unspecified atom stereocenters. The highest BCUT2D eigenvalue weighted by Gasteiger charge is 2.38. The molecule has 242 valence electrons. The largest absolute Gasteiger partial charge is 0.309 e. The SMILES string of the molecule is CC1(C)CCC(C)(C)c2cc3c(cc21)c1cc2c4ccccc4n(-c4ccccc4)c2cc1n3-c1ccc(-c2ccccc2)c2ccccc12. The van der Waals surface area contributed by atoms with Crippen LogP contribution in [0.5, 0.6) is 0 Å². The molecule has 7 aromatic carbocycles. The molecule has 0 spiro atoms. The second kappa shape index (κ2) is 10.5. The van der Waals surface area contributed by atoms with Gasteiger partial charge in [-0.3, -0.25) is 0 Å². The average Bonchev–Trinajstić information content (AvgIpc) is 3.64. The van der Waals surface area contributed by atoms with Gasteiger partial charge in [-0.1, -0.05) is 125 Å². The number of nitrogens with zero attached hydrogens (tertiary/aromatic N) is 2. The molecule has 0 bridgehead atoms. The van der Waals surface area contributed by atoms with Crippen LogP contribution in [0.25, 0.3) is 76.9 Å². The van der Waals surface area contributed by atoms with E-state index in [1.54, 1.807) is 0 Å². The summed E-state index contributed by atoms with van der Waals surface area (Å²) in [4.78, 5) is 0. The van der Waals surface area contributed by atoms with E-state index in [9.17, 15) is 0 Å². The Bertz CT molecular complexity index is 2790. The number of hydrogen-bond acceptors (Lipinski definition) is 0. The maximum atomic E-state index is 2.58. The van der Waals surface area contributed by atoms with Crippen molar-refractivity contribution in [2.24, 2.45) is 0 Å². The van der Waals surface area contributed by atoms with Crippen LogP contribution in [-0.4, -0.2) is 9.13 Å². The van der Waals surface area contributed by atoms with E-state index in [2.05, 4.69) is 182 Å². The fraction of sp³-hybridized carbons (Fsp3) is 0.167. The van der Waals surface area contributed by atoms with E-state index in [1.807, 2.05) is 0 Å². The first-order valence-corrected chi connectivity index (χ1v) is 18.0. The van der Waals surface area contributed by atoms with Crippen molar-refractivity contribution in [1.29, 1.82) is 0 Å². The van der Waals surface area contributed by atoms with E-state index in [0.717, 1.165) is 0 Å². The first kappa shape index (κ1) is 29.3. The summed E-state index contributed by atoms with van der Waals surface area (Å²) in [7, 11) is 0. The molecule has 2 nitrogen and oxygen atoms in total. The third-order valence-corrected chi connectivity index (χ3v) is 11.8. The van der Waals surface area contributed by atoms with E-state index in [-0.39, 0.29) is 10.8 Å². The predicted molar refractivity (Wildman–Crippen MR) is 213 cm³/mol. The van der Waals surface area contributed by atoms with Crippen LogP contribution < -0.4 is 0 Å². The summed E-state index contributed by atoms with van der Waals surface area (Å²) >= 11 is 0. The van der Waals surface area contributed by atoms with E-state index >= 15 is 0 Å². The molecule has 0 radical (unpaired) electrons. The van der Waals surface area contributed by atoms with E-state index in [0.29, 0.717) is 0 Å². The molecule has 50 heavy (non-hydrogen) atoms. The van der Waals surface area contributed by atoms with Crippen LogP contribution in [-0.2, 0) is 10.8 Å². The quantitative estimate of drug-likeness (QED) is 0.181. The Morgan fingerprint density at radius 1 is 0.400 bits per heavy atom. The summed E-state index contributed by atoms with van der Waals surface area (Å²) < 4.78 is 5.02. The van der Waals surface area contributed by atoms with Gasteiger partial charge in [-0.25, -0.2) is 0 Å². The third-order valence-electron chi connectivity index (χ3n) is 11.8. The Labute approximate surface area is 293 Å². The number of aromatic nitrogens is 2.